The molecule has 0 spiro atoms. The number of methoxy groups -OCH3 is 1. The SMILES string of the molecule is COc1ncc(C(=O)N[C@@H](C)C2CC2)cc1-c1cc(F)cc(C(F)(F)F)c1. The van der Waals surface area contributed by atoms with Crippen LogP contribution in [0.2, 0.25) is 0 Å². The summed E-state index contributed by atoms with van der Waals surface area (Å²) < 4.78 is 57.9. The Kier molecular flexibility index (Phi) is 5.08. The van der Waals surface area contributed by atoms with Crippen molar-refractivity contribution in [3.8, 4) is 17.0 Å². The predicted molar refractivity (Wildman–Crippen MR) is 90.8 cm³/mol. The molecule has 0 aliphatic heterocycles. The molecule has 1 heterocycles. The number of amides is 1. The van der Waals surface area contributed by atoms with E-state index >= 15 is 0 Å². The zero-order valence-electron chi connectivity index (χ0n) is 14.7. The minimum Gasteiger partial charge on any atom is -0.481 e. The van der Waals surface area contributed by atoms with E-state index in [0.29, 0.717) is 12.0 Å². The molecule has 1 aliphatic carbocycles. The van der Waals surface area contributed by atoms with Crippen molar-refractivity contribution < 1.29 is 27.1 Å². The molecule has 1 atom stereocenters. The number of ether oxygens (including phenoxy) is 1. The lowest BCUT2D eigenvalue weighted by Gasteiger charge is -2.15. The summed E-state index contributed by atoms with van der Waals surface area (Å²) in [6.07, 6.45) is -1.32. The average Bonchev–Trinajstić information content (AvgIpc) is 3.45. The van der Waals surface area contributed by atoms with E-state index in [9.17, 15) is 22.4 Å². The van der Waals surface area contributed by atoms with Crippen LogP contribution in [0.3, 0.4) is 0 Å². The van der Waals surface area contributed by atoms with Crippen molar-refractivity contribution in [3.63, 3.8) is 0 Å². The quantitative estimate of drug-likeness (QED) is 0.778. The van der Waals surface area contributed by atoms with Gasteiger partial charge in [0.1, 0.15) is 5.82 Å². The number of nitrogens with one attached hydrogen (secondary N) is 1. The lowest BCUT2D eigenvalue weighted by Crippen LogP contribution is -2.34. The highest BCUT2D eigenvalue weighted by Gasteiger charge is 2.32. The first-order valence-electron chi connectivity index (χ1n) is 8.42. The van der Waals surface area contributed by atoms with Gasteiger partial charge >= 0.3 is 6.18 Å². The summed E-state index contributed by atoms with van der Waals surface area (Å²) in [5.74, 6) is -0.991. The minimum absolute atomic E-state index is 0.000478. The van der Waals surface area contributed by atoms with E-state index in [1.165, 1.54) is 19.4 Å². The largest absolute Gasteiger partial charge is 0.481 e. The summed E-state index contributed by atoms with van der Waals surface area (Å²) >= 11 is 0. The highest BCUT2D eigenvalue weighted by molar-refractivity contribution is 5.95. The fourth-order valence-electron chi connectivity index (χ4n) is 2.86. The molecule has 1 fully saturated rings. The summed E-state index contributed by atoms with van der Waals surface area (Å²) in [5, 5.41) is 2.85. The maximum Gasteiger partial charge on any atom is 0.416 e. The van der Waals surface area contributed by atoms with Crippen LogP contribution in [0, 0.1) is 11.7 Å². The van der Waals surface area contributed by atoms with Gasteiger partial charge in [-0.1, -0.05) is 0 Å². The van der Waals surface area contributed by atoms with Crippen LogP contribution in [0.1, 0.15) is 35.7 Å². The average molecular weight is 382 g/mol. The number of rotatable bonds is 5. The normalized spacial score (nSPS) is 15.3. The van der Waals surface area contributed by atoms with Crippen molar-refractivity contribution in [1.29, 1.82) is 0 Å². The van der Waals surface area contributed by atoms with Gasteiger partial charge in [-0.05, 0) is 55.5 Å². The number of aromatic nitrogens is 1. The van der Waals surface area contributed by atoms with Gasteiger partial charge in [0.25, 0.3) is 5.91 Å². The fraction of sp³-hybridized carbons (Fsp3) is 0.368. The van der Waals surface area contributed by atoms with E-state index in [2.05, 4.69) is 10.3 Å². The van der Waals surface area contributed by atoms with Crippen molar-refractivity contribution in [2.75, 3.05) is 7.11 Å². The number of carbonyl (C=O) groups is 1. The third kappa shape index (κ3) is 4.37. The third-order valence-electron chi connectivity index (χ3n) is 4.53. The third-order valence-corrected chi connectivity index (χ3v) is 4.53. The number of benzene rings is 1. The zero-order valence-corrected chi connectivity index (χ0v) is 14.7. The van der Waals surface area contributed by atoms with E-state index < -0.39 is 23.5 Å². The summed E-state index contributed by atoms with van der Waals surface area (Å²) in [6, 6.07) is 3.52. The van der Waals surface area contributed by atoms with Gasteiger partial charge < -0.3 is 10.1 Å². The number of nitrogens with zero attached hydrogens (tertiary/aromatic N) is 1. The molecule has 2 aromatic rings. The number of hydrogen-bond donors (Lipinski definition) is 1. The second-order valence-electron chi connectivity index (χ2n) is 6.61. The molecular weight excluding hydrogens is 364 g/mol. The lowest BCUT2D eigenvalue weighted by molar-refractivity contribution is -0.137. The second-order valence-corrected chi connectivity index (χ2v) is 6.61. The first-order chi connectivity index (χ1) is 12.7. The second kappa shape index (κ2) is 7.17. The van der Waals surface area contributed by atoms with Crippen LogP contribution < -0.4 is 10.1 Å². The van der Waals surface area contributed by atoms with Gasteiger partial charge in [0.05, 0.1) is 18.2 Å². The Hall–Kier alpha value is -2.64. The number of hydrogen-bond acceptors (Lipinski definition) is 3. The van der Waals surface area contributed by atoms with E-state index in [1.54, 1.807) is 0 Å². The van der Waals surface area contributed by atoms with Crippen LogP contribution in [0.4, 0.5) is 17.6 Å². The molecule has 27 heavy (non-hydrogen) atoms. The zero-order chi connectivity index (χ0) is 19.8. The summed E-state index contributed by atoms with van der Waals surface area (Å²) in [6.45, 7) is 1.90. The van der Waals surface area contributed by atoms with Gasteiger partial charge in [-0.2, -0.15) is 13.2 Å². The summed E-state index contributed by atoms with van der Waals surface area (Å²) in [4.78, 5) is 16.4. The van der Waals surface area contributed by atoms with E-state index in [0.717, 1.165) is 25.0 Å². The molecule has 4 nitrogen and oxygen atoms in total. The molecular formula is C19H18F4N2O2. The molecule has 0 saturated heterocycles. The molecule has 1 aromatic carbocycles. The van der Waals surface area contributed by atoms with Crippen LogP contribution in [0.25, 0.3) is 11.1 Å². The molecule has 0 bridgehead atoms. The van der Waals surface area contributed by atoms with Gasteiger partial charge in [-0.3, -0.25) is 4.79 Å². The van der Waals surface area contributed by atoms with Gasteiger partial charge in [0, 0.05) is 17.8 Å². The van der Waals surface area contributed by atoms with E-state index in [4.69, 9.17) is 4.74 Å². The maximum absolute atomic E-state index is 13.8. The molecule has 1 aliphatic rings. The first kappa shape index (κ1) is 19.1. The Bertz CT molecular complexity index is 863. The Balaban J connectivity index is 1.99. The molecule has 1 saturated carbocycles. The van der Waals surface area contributed by atoms with Crippen LogP contribution in [0.5, 0.6) is 5.88 Å². The van der Waals surface area contributed by atoms with E-state index in [-0.39, 0.29) is 28.6 Å². The fourth-order valence-corrected chi connectivity index (χ4v) is 2.86. The van der Waals surface area contributed by atoms with Crippen molar-refractivity contribution in [3.05, 3.63) is 47.4 Å². The molecule has 8 heteroatoms. The Labute approximate surface area is 153 Å². The van der Waals surface area contributed by atoms with Gasteiger partial charge in [-0.15, -0.1) is 0 Å². The molecule has 0 unspecified atom stereocenters. The van der Waals surface area contributed by atoms with Crippen molar-refractivity contribution >= 4 is 5.91 Å². The number of pyridine rings is 1. The Morgan fingerprint density at radius 2 is 1.96 bits per heavy atom. The highest BCUT2D eigenvalue weighted by atomic mass is 19.4. The van der Waals surface area contributed by atoms with Gasteiger partial charge in [0.2, 0.25) is 5.88 Å². The highest BCUT2D eigenvalue weighted by Crippen LogP contribution is 2.36. The van der Waals surface area contributed by atoms with Gasteiger partial charge in [-0.25, -0.2) is 9.37 Å². The van der Waals surface area contributed by atoms with Crippen molar-refractivity contribution in [2.24, 2.45) is 5.92 Å². The molecule has 1 N–H and O–H groups in total. The summed E-state index contributed by atoms with van der Waals surface area (Å²) in [7, 11) is 1.30. The molecule has 144 valence electrons. The lowest BCUT2D eigenvalue weighted by atomic mass is 10.0. The van der Waals surface area contributed by atoms with E-state index in [1.807, 2.05) is 6.92 Å². The maximum atomic E-state index is 13.8. The first-order valence-corrected chi connectivity index (χ1v) is 8.42. The standard InChI is InChI=1S/C19H18F4N2O2/c1-10(11-3-4-11)25-17(26)13-7-16(18(27-2)24-9-13)12-5-14(19(21,22)23)8-15(20)6-12/h5-11H,3-4H2,1-2H3,(H,25,26)/t10-/m0/s1. The minimum atomic E-state index is -4.70. The topological polar surface area (TPSA) is 51.2 Å². The summed E-state index contributed by atoms with van der Waals surface area (Å²) in [5.41, 5.74) is -0.932. The smallest absolute Gasteiger partial charge is 0.416 e. The Morgan fingerprint density at radius 1 is 1.26 bits per heavy atom. The van der Waals surface area contributed by atoms with Crippen molar-refractivity contribution in [1.82, 2.24) is 10.3 Å². The number of alkyl halides is 3. The monoisotopic (exact) mass is 382 g/mol. The molecule has 0 radical (unpaired) electrons. The van der Waals surface area contributed by atoms with Crippen LogP contribution in [0.15, 0.2) is 30.5 Å². The molecule has 1 amide bonds. The molecule has 3 rings (SSSR count). The van der Waals surface area contributed by atoms with Crippen LogP contribution >= 0.6 is 0 Å². The van der Waals surface area contributed by atoms with Crippen LogP contribution in [-0.4, -0.2) is 24.0 Å². The molecule has 1 aromatic heterocycles. The predicted octanol–water partition coefficient (Wildman–Crippen LogP) is 4.44. The Morgan fingerprint density at radius 3 is 2.56 bits per heavy atom. The number of carbonyl (C=O) groups excluding carboxylic acids is 1. The number of halogens is 4. The van der Waals surface area contributed by atoms with Gasteiger partial charge in [0.15, 0.2) is 0 Å². The van der Waals surface area contributed by atoms with Crippen LogP contribution in [-0.2, 0) is 6.18 Å². The van der Waals surface area contributed by atoms with Crippen molar-refractivity contribution in [2.45, 2.75) is 32.0 Å².